The largest absolute Gasteiger partial charge is 0.481 e. The van der Waals surface area contributed by atoms with Gasteiger partial charge in [-0.15, -0.1) is 10.2 Å². The lowest BCUT2D eigenvalue weighted by Gasteiger charge is -2.15. The van der Waals surface area contributed by atoms with E-state index in [2.05, 4.69) is 30.4 Å². The molecule has 0 bridgehead atoms. The summed E-state index contributed by atoms with van der Waals surface area (Å²) in [6.07, 6.45) is 3.69. The van der Waals surface area contributed by atoms with Crippen molar-refractivity contribution in [1.29, 1.82) is 0 Å². The first-order valence-electron chi connectivity index (χ1n) is 9.09. The third kappa shape index (κ3) is 3.90. The van der Waals surface area contributed by atoms with Crippen LogP contribution in [0, 0.1) is 0 Å². The molecule has 4 rings (SSSR count). The summed E-state index contributed by atoms with van der Waals surface area (Å²) >= 11 is 0. The molecule has 1 aliphatic rings. The molecule has 0 aliphatic carbocycles. The molecule has 0 spiro atoms. The minimum Gasteiger partial charge on any atom is -0.481 e. The lowest BCUT2D eigenvalue weighted by molar-refractivity contribution is 0.102. The smallest absolute Gasteiger partial charge is 0.274 e. The average Bonchev–Trinajstić information content (AvgIpc) is 3.29. The summed E-state index contributed by atoms with van der Waals surface area (Å²) in [5, 5.41) is 11.5. The average molecular weight is 376 g/mol. The van der Waals surface area contributed by atoms with E-state index in [4.69, 9.17) is 4.74 Å². The molecule has 1 saturated heterocycles. The molecule has 2 aromatic heterocycles. The highest BCUT2D eigenvalue weighted by atomic mass is 16.5. The summed E-state index contributed by atoms with van der Waals surface area (Å²) in [6, 6.07) is 12.9. The highest BCUT2D eigenvalue weighted by Gasteiger charge is 2.14. The number of hydrogen-bond acceptors (Lipinski definition) is 7. The van der Waals surface area contributed by atoms with Gasteiger partial charge in [-0.3, -0.25) is 4.79 Å². The Hall–Kier alpha value is -3.55. The topological polar surface area (TPSA) is 93.1 Å². The maximum absolute atomic E-state index is 12.4. The highest BCUT2D eigenvalue weighted by molar-refractivity contribution is 6.03. The van der Waals surface area contributed by atoms with Crippen molar-refractivity contribution in [3.05, 3.63) is 54.5 Å². The first-order valence-corrected chi connectivity index (χ1v) is 9.09. The van der Waals surface area contributed by atoms with Gasteiger partial charge in [-0.2, -0.15) is 0 Å². The van der Waals surface area contributed by atoms with E-state index in [1.807, 2.05) is 36.4 Å². The summed E-state index contributed by atoms with van der Waals surface area (Å²) < 4.78 is 5.03. The van der Waals surface area contributed by atoms with E-state index in [1.54, 1.807) is 0 Å². The Bertz CT molecular complexity index is 970. The third-order valence-electron chi connectivity index (χ3n) is 4.58. The molecular formula is C20H20N6O2. The van der Waals surface area contributed by atoms with E-state index >= 15 is 0 Å². The lowest BCUT2D eigenvalue weighted by Crippen LogP contribution is -2.19. The second kappa shape index (κ2) is 7.99. The van der Waals surface area contributed by atoms with Gasteiger partial charge < -0.3 is 15.0 Å². The van der Waals surface area contributed by atoms with Crippen molar-refractivity contribution in [1.82, 2.24) is 20.2 Å². The van der Waals surface area contributed by atoms with Gasteiger partial charge in [0.2, 0.25) is 5.88 Å². The molecule has 142 valence electrons. The number of carbonyl (C=O) groups is 1. The van der Waals surface area contributed by atoms with Crippen LogP contribution in [0.4, 0.5) is 11.5 Å². The number of rotatable bonds is 5. The van der Waals surface area contributed by atoms with E-state index in [9.17, 15) is 4.79 Å². The number of nitrogens with one attached hydrogen (secondary N) is 1. The van der Waals surface area contributed by atoms with Crippen molar-refractivity contribution < 1.29 is 9.53 Å². The molecule has 0 unspecified atom stereocenters. The zero-order valence-electron chi connectivity index (χ0n) is 15.5. The van der Waals surface area contributed by atoms with Gasteiger partial charge in [0.1, 0.15) is 12.0 Å². The van der Waals surface area contributed by atoms with Gasteiger partial charge in [0, 0.05) is 30.4 Å². The predicted molar refractivity (Wildman–Crippen MR) is 105 cm³/mol. The van der Waals surface area contributed by atoms with Gasteiger partial charge in [0.25, 0.3) is 5.91 Å². The number of aromatic nitrogens is 4. The van der Waals surface area contributed by atoms with Gasteiger partial charge in [-0.1, -0.05) is 12.1 Å². The summed E-state index contributed by atoms with van der Waals surface area (Å²) in [7, 11) is 1.49. The van der Waals surface area contributed by atoms with Gasteiger partial charge in [-0.05, 0) is 37.1 Å². The first-order chi connectivity index (χ1) is 13.7. The molecule has 3 heterocycles. The molecule has 8 nitrogen and oxygen atoms in total. The van der Waals surface area contributed by atoms with Crippen molar-refractivity contribution in [2.24, 2.45) is 0 Å². The Morgan fingerprint density at radius 2 is 1.93 bits per heavy atom. The number of benzene rings is 1. The van der Waals surface area contributed by atoms with Crippen molar-refractivity contribution in [2.75, 3.05) is 30.4 Å². The first kappa shape index (κ1) is 17.8. The fraction of sp³-hybridized carbons (Fsp3) is 0.250. The maximum atomic E-state index is 12.4. The Kier molecular flexibility index (Phi) is 5.09. The van der Waals surface area contributed by atoms with Crippen molar-refractivity contribution in [3.63, 3.8) is 0 Å². The molecular weight excluding hydrogens is 356 g/mol. The van der Waals surface area contributed by atoms with Crippen LogP contribution in [0.25, 0.3) is 11.3 Å². The SMILES string of the molecule is COc1cc(C(=O)Nc2cccc(-c3ccc(N4CCCC4)nn3)c2)ncn1. The standard InChI is InChI=1S/C20H20N6O2/c1-28-19-12-17(21-13-22-19)20(27)23-15-6-4-5-14(11-15)16-7-8-18(25-24-16)26-9-2-3-10-26/h4-8,11-13H,2-3,9-10H2,1H3,(H,23,27). The molecule has 8 heteroatoms. The van der Waals surface area contributed by atoms with Crippen LogP contribution >= 0.6 is 0 Å². The maximum Gasteiger partial charge on any atom is 0.274 e. The summed E-state index contributed by atoms with van der Waals surface area (Å²) in [5.74, 6) is 0.902. The van der Waals surface area contributed by atoms with Crippen LogP contribution in [0.5, 0.6) is 5.88 Å². The minimum atomic E-state index is -0.340. The second-order valence-electron chi connectivity index (χ2n) is 6.45. The van der Waals surface area contributed by atoms with E-state index in [1.165, 1.54) is 32.3 Å². The Balaban J connectivity index is 1.50. The number of amides is 1. The number of methoxy groups -OCH3 is 1. The monoisotopic (exact) mass is 376 g/mol. The van der Waals surface area contributed by atoms with Crippen LogP contribution in [0.1, 0.15) is 23.3 Å². The van der Waals surface area contributed by atoms with Crippen LogP contribution in [-0.4, -0.2) is 46.3 Å². The van der Waals surface area contributed by atoms with E-state index in [-0.39, 0.29) is 11.6 Å². The quantitative estimate of drug-likeness (QED) is 0.732. The highest BCUT2D eigenvalue weighted by Crippen LogP contribution is 2.23. The fourth-order valence-corrected chi connectivity index (χ4v) is 3.12. The zero-order valence-corrected chi connectivity index (χ0v) is 15.5. The Morgan fingerprint density at radius 1 is 1.07 bits per heavy atom. The molecule has 0 radical (unpaired) electrons. The van der Waals surface area contributed by atoms with Crippen LogP contribution in [0.15, 0.2) is 48.8 Å². The van der Waals surface area contributed by atoms with Crippen molar-refractivity contribution in [3.8, 4) is 17.1 Å². The number of anilines is 2. The van der Waals surface area contributed by atoms with Gasteiger partial charge in [-0.25, -0.2) is 9.97 Å². The number of nitrogens with zero attached hydrogens (tertiary/aromatic N) is 5. The number of hydrogen-bond donors (Lipinski definition) is 1. The fourth-order valence-electron chi connectivity index (χ4n) is 3.12. The molecule has 1 aliphatic heterocycles. The summed E-state index contributed by atoms with van der Waals surface area (Å²) in [6.45, 7) is 2.06. The molecule has 1 amide bonds. The van der Waals surface area contributed by atoms with Gasteiger partial charge in [0.05, 0.1) is 12.8 Å². The number of ether oxygens (including phenoxy) is 1. The molecule has 1 aromatic carbocycles. The second-order valence-corrected chi connectivity index (χ2v) is 6.45. The molecule has 0 saturated carbocycles. The molecule has 3 aromatic rings. The van der Waals surface area contributed by atoms with Crippen LogP contribution in [0.3, 0.4) is 0 Å². The zero-order chi connectivity index (χ0) is 19.3. The Morgan fingerprint density at radius 3 is 2.68 bits per heavy atom. The molecule has 1 N–H and O–H groups in total. The van der Waals surface area contributed by atoms with E-state index in [0.29, 0.717) is 11.6 Å². The molecule has 28 heavy (non-hydrogen) atoms. The van der Waals surface area contributed by atoms with Crippen LogP contribution in [-0.2, 0) is 0 Å². The predicted octanol–water partition coefficient (Wildman–Crippen LogP) is 2.79. The van der Waals surface area contributed by atoms with Crippen molar-refractivity contribution >= 4 is 17.4 Å². The normalized spacial score (nSPS) is 13.4. The minimum absolute atomic E-state index is 0.229. The molecule has 0 atom stereocenters. The lowest BCUT2D eigenvalue weighted by atomic mass is 10.1. The third-order valence-corrected chi connectivity index (χ3v) is 4.58. The number of carbonyl (C=O) groups excluding carboxylic acids is 1. The van der Waals surface area contributed by atoms with E-state index < -0.39 is 0 Å². The summed E-state index contributed by atoms with van der Waals surface area (Å²) in [5.41, 5.74) is 2.50. The molecule has 1 fully saturated rings. The van der Waals surface area contributed by atoms with Crippen LogP contribution < -0.4 is 15.0 Å². The van der Waals surface area contributed by atoms with Gasteiger partial charge in [0.15, 0.2) is 5.82 Å². The van der Waals surface area contributed by atoms with E-state index in [0.717, 1.165) is 30.2 Å². The van der Waals surface area contributed by atoms with Crippen LogP contribution in [0.2, 0.25) is 0 Å². The van der Waals surface area contributed by atoms with Gasteiger partial charge >= 0.3 is 0 Å². The summed E-state index contributed by atoms with van der Waals surface area (Å²) in [4.78, 5) is 22.6. The van der Waals surface area contributed by atoms with Crippen molar-refractivity contribution in [2.45, 2.75) is 12.8 Å². The Labute approximate surface area is 162 Å².